The number of para-hydroxylation sites is 1. The summed E-state index contributed by atoms with van der Waals surface area (Å²) in [5.41, 5.74) is 4.17. The third kappa shape index (κ3) is 4.93. The minimum Gasteiger partial charge on any atom is -0.331 e. The molecule has 0 atom stereocenters. The molecule has 36 heavy (non-hydrogen) atoms. The Morgan fingerprint density at radius 3 is 2.14 bits per heavy atom. The Labute approximate surface area is 211 Å². The highest BCUT2D eigenvalue weighted by Gasteiger charge is 2.26. The SMILES string of the molecule is CCc1ccc(C(=O)N(CC)CC(=O)c2c(-c3ccccc3)[nH]n(-c3ccccc3CC)c2=O)cc1. The van der Waals surface area contributed by atoms with Crippen LogP contribution in [0.3, 0.4) is 0 Å². The summed E-state index contributed by atoms with van der Waals surface area (Å²) in [5, 5.41) is 3.18. The summed E-state index contributed by atoms with van der Waals surface area (Å²) in [6.07, 6.45) is 1.62. The van der Waals surface area contributed by atoms with Crippen LogP contribution >= 0.6 is 0 Å². The number of carbonyl (C=O) groups is 2. The summed E-state index contributed by atoms with van der Waals surface area (Å²) >= 11 is 0. The number of Topliss-reactive ketones (excluding diaryl/α,β-unsaturated/α-hetero) is 1. The molecule has 1 heterocycles. The van der Waals surface area contributed by atoms with Gasteiger partial charge in [0.25, 0.3) is 11.5 Å². The molecule has 0 aliphatic heterocycles. The minimum absolute atomic E-state index is 0.0553. The van der Waals surface area contributed by atoms with E-state index in [-0.39, 0.29) is 18.0 Å². The van der Waals surface area contributed by atoms with E-state index in [4.69, 9.17) is 0 Å². The second-order valence-electron chi connectivity index (χ2n) is 8.64. The van der Waals surface area contributed by atoms with E-state index < -0.39 is 11.3 Å². The van der Waals surface area contributed by atoms with E-state index in [1.807, 2.05) is 80.6 Å². The fourth-order valence-electron chi connectivity index (χ4n) is 4.35. The monoisotopic (exact) mass is 481 g/mol. The van der Waals surface area contributed by atoms with Crippen molar-refractivity contribution in [3.63, 3.8) is 0 Å². The second kappa shape index (κ2) is 11.0. The molecule has 0 fully saturated rings. The normalized spacial score (nSPS) is 10.9. The molecule has 0 unspecified atom stereocenters. The summed E-state index contributed by atoms with van der Waals surface area (Å²) < 4.78 is 1.44. The first-order valence-electron chi connectivity index (χ1n) is 12.4. The number of nitrogens with zero attached hydrogens (tertiary/aromatic N) is 2. The molecule has 3 aromatic carbocycles. The number of carbonyl (C=O) groups excluding carboxylic acids is 2. The van der Waals surface area contributed by atoms with Crippen molar-refractivity contribution in [3.8, 4) is 16.9 Å². The fourth-order valence-corrected chi connectivity index (χ4v) is 4.35. The number of rotatable bonds is 9. The van der Waals surface area contributed by atoms with Crippen LogP contribution in [-0.2, 0) is 12.8 Å². The van der Waals surface area contributed by atoms with Crippen LogP contribution in [0.2, 0.25) is 0 Å². The molecule has 1 N–H and O–H groups in total. The molecule has 1 aromatic heterocycles. The Hall–Kier alpha value is -4.19. The average molecular weight is 482 g/mol. The topological polar surface area (TPSA) is 75.2 Å². The largest absolute Gasteiger partial charge is 0.331 e. The Morgan fingerprint density at radius 1 is 0.833 bits per heavy atom. The van der Waals surface area contributed by atoms with Gasteiger partial charge in [-0.25, -0.2) is 4.68 Å². The smallest absolute Gasteiger partial charge is 0.282 e. The zero-order valence-electron chi connectivity index (χ0n) is 21.0. The number of aromatic amines is 1. The van der Waals surface area contributed by atoms with Crippen LogP contribution in [0.15, 0.2) is 83.7 Å². The van der Waals surface area contributed by atoms with Gasteiger partial charge in [0.2, 0.25) is 0 Å². The average Bonchev–Trinajstić information content (AvgIpc) is 3.28. The number of ketones is 1. The molecule has 6 nitrogen and oxygen atoms in total. The summed E-state index contributed by atoms with van der Waals surface area (Å²) in [7, 11) is 0. The van der Waals surface area contributed by atoms with E-state index in [1.165, 1.54) is 9.58 Å². The molecule has 0 saturated carbocycles. The van der Waals surface area contributed by atoms with Crippen LogP contribution in [0.4, 0.5) is 0 Å². The lowest BCUT2D eigenvalue weighted by atomic mass is 10.0. The summed E-state index contributed by atoms with van der Waals surface area (Å²) in [4.78, 5) is 42.0. The Bertz CT molecular complexity index is 1420. The maximum Gasteiger partial charge on any atom is 0.282 e. The van der Waals surface area contributed by atoms with Gasteiger partial charge in [-0.15, -0.1) is 0 Å². The van der Waals surface area contributed by atoms with E-state index in [1.54, 1.807) is 12.1 Å². The summed E-state index contributed by atoms with van der Waals surface area (Å²) in [6, 6.07) is 24.4. The lowest BCUT2D eigenvalue weighted by molar-refractivity contribution is 0.0717. The predicted octanol–water partition coefficient (Wildman–Crippen LogP) is 5.30. The molecule has 0 spiro atoms. The first-order chi connectivity index (χ1) is 17.5. The predicted molar refractivity (Wildman–Crippen MR) is 143 cm³/mol. The molecule has 184 valence electrons. The van der Waals surface area contributed by atoms with Gasteiger partial charge >= 0.3 is 0 Å². The molecule has 4 rings (SSSR count). The second-order valence-corrected chi connectivity index (χ2v) is 8.64. The maximum absolute atomic E-state index is 13.7. The lowest BCUT2D eigenvalue weighted by Gasteiger charge is -2.20. The molecule has 4 aromatic rings. The van der Waals surface area contributed by atoms with Gasteiger partial charge in [-0.3, -0.25) is 19.5 Å². The van der Waals surface area contributed by atoms with E-state index in [9.17, 15) is 14.4 Å². The number of aryl methyl sites for hydroxylation is 2. The van der Waals surface area contributed by atoms with E-state index >= 15 is 0 Å². The first kappa shape index (κ1) is 24.9. The first-order valence-corrected chi connectivity index (χ1v) is 12.4. The van der Waals surface area contributed by atoms with Crippen molar-refractivity contribution in [1.29, 1.82) is 0 Å². The Kier molecular flexibility index (Phi) is 7.64. The quantitative estimate of drug-likeness (QED) is 0.330. The number of H-pyrrole nitrogens is 1. The van der Waals surface area contributed by atoms with Crippen LogP contribution in [-0.4, -0.2) is 39.5 Å². The number of aromatic nitrogens is 2. The zero-order valence-corrected chi connectivity index (χ0v) is 21.0. The summed E-state index contributed by atoms with van der Waals surface area (Å²) in [5.74, 6) is -0.634. The minimum atomic E-state index is -0.421. The van der Waals surface area contributed by atoms with Gasteiger partial charge in [0.05, 0.1) is 17.9 Å². The van der Waals surface area contributed by atoms with Gasteiger partial charge in [-0.2, -0.15) is 0 Å². The van der Waals surface area contributed by atoms with Crippen LogP contribution in [0, 0.1) is 0 Å². The van der Waals surface area contributed by atoms with Gasteiger partial charge in [-0.05, 0) is 49.1 Å². The maximum atomic E-state index is 13.7. The molecular weight excluding hydrogens is 450 g/mol. The Balaban J connectivity index is 1.74. The number of likely N-dealkylation sites (N-methyl/N-ethyl adjacent to an activating group) is 1. The van der Waals surface area contributed by atoms with Crippen LogP contribution in [0.25, 0.3) is 16.9 Å². The molecule has 0 radical (unpaired) electrons. The number of benzene rings is 3. The number of amides is 1. The fraction of sp³-hybridized carbons (Fsp3) is 0.233. The number of nitrogens with one attached hydrogen (secondary N) is 1. The summed E-state index contributed by atoms with van der Waals surface area (Å²) in [6.45, 7) is 6.07. The van der Waals surface area contributed by atoms with E-state index in [2.05, 4.69) is 12.0 Å². The van der Waals surface area contributed by atoms with Crippen molar-refractivity contribution < 1.29 is 9.59 Å². The van der Waals surface area contributed by atoms with Crippen molar-refractivity contribution in [2.24, 2.45) is 0 Å². The van der Waals surface area contributed by atoms with Gasteiger partial charge in [0.15, 0.2) is 5.78 Å². The van der Waals surface area contributed by atoms with Crippen LogP contribution < -0.4 is 5.56 Å². The molecule has 0 saturated heterocycles. The standard InChI is InChI=1S/C30H31N3O3/c1-4-21-16-18-24(19-17-21)29(35)32(6-3)20-26(34)27-28(23-13-8-7-9-14-23)31-33(30(27)36)25-15-11-10-12-22(25)5-2/h7-19,31H,4-6,20H2,1-3H3. The molecule has 0 aliphatic rings. The molecule has 1 amide bonds. The van der Waals surface area contributed by atoms with Crippen molar-refractivity contribution >= 4 is 11.7 Å². The molecule has 0 bridgehead atoms. The van der Waals surface area contributed by atoms with Gasteiger partial charge in [0, 0.05) is 17.7 Å². The molecule has 0 aliphatic carbocycles. The van der Waals surface area contributed by atoms with Crippen molar-refractivity contribution in [2.75, 3.05) is 13.1 Å². The van der Waals surface area contributed by atoms with Crippen LogP contribution in [0.1, 0.15) is 52.6 Å². The molecular formula is C30H31N3O3. The van der Waals surface area contributed by atoms with Crippen molar-refractivity contribution in [2.45, 2.75) is 33.6 Å². The third-order valence-corrected chi connectivity index (χ3v) is 6.46. The van der Waals surface area contributed by atoms with Crippen LogP contribution in [0.5, 0.6) is 0 Å². The van der Waals surface area contributed by atoms with Gasteiger partial charge < -0.3 is 4.90 Å². The third-order valence-electron chi connectivity index (χ3n) is 6.46. The highest BCUT2D eigenvalue weighted by Crippen LogP contribution is 2.23. The van der Waals surface area contributed by atoms with E-state index in [0.29, 0.717) is 23.5 Å². The Morgan fingerprint density at radius 2 is 1.50 bits per heavy atom. The number of hydrogen-bond donors (Lipinski definition) is 1. The zero-order chi connectivity index (χ0) is 25.7. The van der Waals surface area contributed by atoms with Gasteiger partial charge in [-0.1, -0.05) is 74.5 Å². The molecule has 6 heteroatoms. The number of hydrogen-bond acceptors (Lipinski definition) is 3. The lowest BCUT2D eigenvalue weighted by Crippen LogP contribution is -2.37. The van der Waals surface area contributed by atoms with Crippen molar-refractivity contribution in [1.82, 2.24) is 14.7 Å². The van der Waals surface area contributed by atoms with Crippen molar-refractivity contribution in [3.05, 3.63) is 111 Å². The van der Waals surface area contributed by atoms with Gasteiger partial charge in [0.1, 0.15) is 5.56 Å². The highest BCUT2D eigenvalue weighted by atomic mass is 16.2. The van der Waals surface area contributed by atoms with E-state index in [0.717, 1.165) is 29.5 Å². The highest BCUT2D eigenvalue weighted by molar-refractivity contribution is 6.05.